The summed E-state index contributed by atoms with van der Waals surface area (Å²) in [7, 11) is 1.78. The third-order valence-corrected chi connectivity index (χ3v) is 3.75. The zero-order valence-electron chi connectivity index (χ0n) is 11.4. The molecule has 1 atom stereocenters. The Balaban J connectivity index is 1.85. The Morgan fingerprint density at radius 3 is 2.95 bits per heavy atom. The largest absolute Gasteiger partial charge is 0.324 e. The Morgan fingerprint density at radius 1 is 1.24 bits per heavy atom. The van der Waals surface area contributed by atoms with Crippen LogP contribution in [0, 0.1) is 0 Å². The second-order valence-electron chi connectivity index (χ2n) is 4.97. The highest BCUT2D eigenvalue weighted by Crippen LogP contribution is 2.32. The smallest absolute Gasteiger partial charge is 0.246 e. The van der Waals surface area contributed by atoms with Gasteiger partial charge in [-0.25, -0.2) is 4.68 Å². The molecule has 1 aromatic heterocycles. The summed E-state index contributed by atoms with van der Waals surface area (Å²) in [6, 6.07) is 13.3. The Morgan fingerprint density at radius 2 is 2.10 bits per heavy atom. The summed E-state index contributed by atoms with van der Waals surface area (Å²) in [6.45, 7) is 0. The number of carbonyl (C=O) groups excluding carboxylic acids is 1. The van der Waals surface area contributed by atoms with Crippen molar-refractivity contribution in [1.82, 2.24) is 20.3 Å². The number of hydrogen-bond donors (Lipinski definition) is 2. The van der Waals surface area contributed by atoms with Gasteiger partial charge in [0.15, 0.2) is 0 Å². The predicted octanol–water partition coefficient (Wildman–Crippen LogP) is 1.63. The van der Waals surface area contributed by atoms with E-state index in [1.54, 1.807) is 11.7 Å². The van der Waals surface area contributed by atoms with Gasteiger partial charge in [0, 0.05) is 11.3 Å². The first kappa shape index (κ1) is 12.0. The fourth-order valence-electron chi connectivity index (χ4n) is 2.73. The van der Waals surface area contributed by atoms with E-state index in [1.165, 1.54) is 0 Å². The molecule has 3 aromatic rings. The van der Waals surface area contributed by atoms with Crippen molar-refractivity contribution in [1.29, 1.82) is 0 Å². The molecule has 104 valence electrons. The van der Waals surface area contributed by atoms with E-state index in [9.17, 15) is 4.79 Å². The maximum Gasteiger partial charge on any atom is 0.246 e. The van der Waals surface area contributed by atoms with Gasteiger partial charge in [-0.15, -0.1) is 5.10 Å². The molecule has 0 bridgehead atoms. The van der Waals surface area contributed by atoms with E-state index < -0.39 is 0 Å². The molecule has 1 aliphatic rings. The molecular weight excluding hydrogens is 266 g/mol. The molecule has 21 heavy (non-hydrogen) atoms. The maximum atomic E-state index is 11.9. The molecule has 0 spiro atoms. The lowest BCUT2D eigenvalue weighted by Crippen LogP contribution is -2.23. The van der Waals surface area contributed by atoms with Crippen LogP contribution < -0.4 is 10.6 Å². The van der Waals surface area contributed by atoms with Crippen LogP contribution in [0.3, 0.4) is 0 Å². The molecular formula is C15H13N5O. The molecule has 2 N–H and O–H groups in total. The highest BCUT2D eigenvalue weighted by molar-refractivity contribution is 6.02. The molecule has 0 saturated carbocycles. The number of carbonyl (C=O) groups is 1. The molecule has 4 rings (SSSR count). The summed E-state index contributed by atoms with van der Waals surface area (Å²) < 4.78 is 1.77. The van der Waals surface area contributed by atoms with E-state index in [1.807, 2.05) is 42.5 Å². The summed E-state index contributed by atoms with van der Waals surface area (Å²) >= 11 is 0. The minimum absolute atomic E-state index is 0.0342. The van der Waals surface area contributed by atoms with Gasteiger partial charge in [0.05, 0.1) is 11.2 Å². The van der Waals surface area contributed by atoms with Crippen LogP contribution in [-0.2, 0) is 4.79 Å². The van der Waals surface area contributed by atoms with E-state index in [2.05, 4.69) is 20.9 Å². The molecule has 2 aromatic carbocycles. The van der Waals surface area contributed by atoms with Gasteiger partial charge in [-0.2, -0.15) is 0 Å². The molecule has 0 fully saturated rings. The van der Waals surface area contributed by atoms with Gasteiger partial charge in [-0.05, 0) is 31.3 Å². The summed E-state index contributed by atoms with van der Waals surface area (Å²) in [6.07, 6.45) is 0. The van der Waals surface area contributed by atoms with Gasteiger partial charge in [0.25, 0.3) is 0 Å². The summed E-state index contributed by atoms with van der Waals surface area (Å²) in [5, 5.41) is 14.2. The van der Waals surface area contributed by atoms with Crippen molar-refractivity contribution in [3.63, 3.8) is 0 Å². The van der Waals surface area contributed by atoms with Gasteiger partial charge in [0.2, 0.25) is 5.91 Å². The third-order valence-electron chi connectivity index (χ3n) is 3.75. The standard InChI is InChI=1S/C15H13N5O/c1-16-14-10-7-6-9(8-12(10)17-15(14)21)20-13-5-3-2-4-11(13)18-19-20/h2-8,14,16H,1H3,(H,17,21). The van der Waals surface area contributed by atoms with Gasteiger partial charge in [-0.3, -0.25) is 4.79 Å². The Hall–Kier alpha value is -2.73. The van der Waals surface area contributed by atoms with Crippen molar-refractivity contribution >= 4 is 22.6 Å². The Kier molecular flexibility index (Phi) is 2.52. The minimum atomic E-state index is -0.290. The number of likely N-dealkylation sites (N-methyl/N-ethyl adjacent to an activating group) is 1. The van der Waals surface area contributed by atoms with Crippen molar-refractivity contribution in [2.45, 2.75) is 6.04 Å². The van der Waals surface area contributed by atoms with Crippen LogP contribution in [0.5, 0.6) is 0 Å². The van der Waals surface area contributed by atoms with E-state index in [-0.39, 0.29) is 11.9 Å². The molecule has 2 heterocycles. The van der Waals surface area contributed by atoms with Crippen LogP contribution in [-0.4, -0.2) is 27.9 Å². The predicted molar refractivity (Wildman–Crippen MR) is 79.3 cm³/mol. The van der Waals surface area contributed by atoms with E-state index in [0.29, 0.717) is 0 Å². The number of hydrogen-bond acceptors (Lipinski definition) is 4. The number of benzene rings is 2. The van der Waals surface area contributed by atoms with Crippen molar-refractivity contribution in [3.05, 3.63) is 48.0 Å². The van der Waals surface area contributed by atoms with Gasteiger partial charge in [-0.1, -0.05) is 23.4 Å². The van der Waals surface area contributed by atoms with Crippen LogP contribution in [0.25, 0.3) is 16.7 Å². The van der Waals surface area contributed by atoms with Crippen molar-refractivity contribution in [2.24, 2.45) is 0 Å². The molecule has 0 aliphatic carbocycles. The average Bonchev–Trinajstić information content (AvgIpc) is 3.06. The van der Waals surface area contributed by atoms with E-state index in [4.69, 9.17) is 0 Å². The minimum Gasteiger partial charge on any atom is -0.324 e. The summed E-state index contributed by atoms with van der Waals surface area (Å²) in [5.74, 6) is -0.0342. The first-order valence-corrected chi connectivity index (χ1v) is 6.71. The first-order valence-electron chi connectivity index (χ1n) is 6.71. The third kappa shape index (κ3) is 1.73. The van der Waals surface area contributed by atoms with Crippen molar-refractivity contribution in [3.8, 4) is 5.69 Å². The monoisotopic (exact) mass is 279 g/mol. The van der Waals surface area contributed by atoms with Crippen LogP contribution >= 0.6 is 0 Å². The van der Waals surface area contributed by atoms with Crippen LogP contribution in [0.2, 0.25) is 0 Å². The van der Waals surface area contributed by atoms with Gasteiger partial charge >= 0.3 is 0 Å². The molecule has 1 unspecified atom stereocenters. The zero-order chi connectivity index (χ0) is 14.4. The highest BCUT2D eigenvalue weighted by Gasteiger charge is 2.29. The van der Waals surface area contributed by atoms with Crippen molar-refractivity contribution in [2.75, 3.05) is 12.4 Å². The van der Waals surface area contributed by atoms with Crippen LogP contribution in [0.15, 0.2) is 42.5 Å². The summed E-state index contributed by atoms with van der Waals surface area (Å²) in [5.41, 5.74) is 4.42. The molecule has 1 aliphatic heterocycles. The number of anilines is 1. The fourth-order valence-corrected chi connectivity index (χ4v) is 2.73. The van der Waals surface area contributed by atoms with Gasteiger partial charge in [0.1, 0.15) is 11.6 Å². The highest BCUT2D eigenvalue weighted by atomic mass is 16.2. The number of rotatable bonds is 2. The van der Waals surface area contributed by atoms with Gasteiger partial charge < -0.3 is 10.6 Å². The number of para-hydroxylation sites is 1. The first-order chi connectivity index (χ1) is 10.3. The number of nitrogens with zero attached hydrogens (tertiary/aromatic N) is 3. The SMILES string of the molecule is CNC1C(=O)Nc2cc(-n3nnc4ccccc43)ccc21. The topological polar surface area (TPSA) is 71.8 Å². The number of amides is 1. The second-order valence-corrected chi connectivity index (χ2v) is 4.97. The molecule has 1 amide bonds. The number of aromatic nitrogens is 3. The molecule has 6 nitrogen and oxygen atoms in total. The normalized spacial score (nSPS) is 17.0. The molecule has 0 radical (unpaired) electrons. The fraction of sp³-hybridized carbons (Fsp3) is 0.133. The number of fused-ring (bicyclic) bond motifs is 2. The van der Waals surface area contributed by atoms with E-state index in [0.717, 1.165) is 28.0 Å². The zero-order valence-corrected chi connectivity index (χ0v) is 11.4. The van der Waals surface area contributed by atoms with E-state index >= 15 is 0 Å². The lowest BCUT2D eigenvalue weighted by atomic mass is 10.1. The lowest BCUT2D eigenvalue weighted by Gasteiger charge is -2.08. The summed E-state index contributed by atoms with van der Waals surface area (Å²) in [4.78, 5) is 11.9. The molecule has 6 heteroatoms. The quantitative estimate of drug-likeness (QED) is 0.748. The van der Waals surface area contributed by atoms with Crippen LogP contribution in [0.1, 0.15) is 11.6 Å². The van der Waals surface area contributed by atoms with Crippen molar-refractivity contribution < 1.29 is 4.79 Å². The Bertz CT molecular complexity index is 854. The average molecular weight is 279 g/mol. The maximum absolute atomic E-state index is 11.9. The Labute approximate surface area is 120 Å². The molecule has 0 saturated heterocycles. The lowest BCUT2D eigenvalue weighted by molar-refractivity contribution is -0.117. The van der Waals surface area contributed by atoms with Crippen LogP contribution in [0.4, 0.5) is 5.69 Å². The number of nitrogens with one attached hydrogen (secondary N) is 2. The second kappa shape index (κ2) is 4.39.